The number of rotatable bonds is 1. The Kier molecular flexibility index (Phi) is 3.57. The van der Waals surface area contributed by atoms with Crippen LogP contribution in [0.25, 0.3) is 0 Å². The van der Waals surface area contributed by atoms with Gasteiger partial charge >= 0.3 is 0 Å². The van der Waals surface area contributed by atoms with Gasteiger partial charge in [-0.2, -0.15) is 0 Å². The maximum absolute atomic E-state index is 4.84. The molecule has 114 valence electrons. The maximum Gasteiger partial charge on any atom is 0.136 e. The van der Waals surface area contributed by atoms with Crippen LogP contribution >= 0.6 is 0 Å². The van der Waals surface area contributed by atoms with Crippen molar-refractivity contribution < 1.29 is 0 Å². The molecule has 1 aromatic carbocycles. The molecule has 0 spiro atoms. The number of benzene rings is 1. The van der Waals surface area contributed by atoms with E-state index in [2.05, 4.69) is 29.2 Å². The van der Waals surface area contributed by atoms with Gasteiger partial charge in [0.2, 0.25) is 0 Å². The third-order valence-corrected chi connectivity index (χ3v) is 4.93. The maximum atomic E-state index is 4.84. The summed E-state index contributed by atoms with van der Waals surface area (Å²) in [5.41, 5.74) is 5.67. The molecule has 0 bridgehead atoms. The van der Waals surface area contributed by atoms with Crippen LogP contribution in [0.15, 0.2) is 24.3 Å². The summed E-state index contributed by atoms with van der Waals surface area (Å²) in [6.45, 7) is 4.11. The van der Waals surface area contributed by atoms with E-state index in [1.807, 2.05) is 6.92 Å². The van der Waals surface area contributed by atoms with E-state index in [0.29, 0.717) is 0 Å². The highest BCUT2D eigenvalue weighted by atomic mass is 15.2. The van der Waals surface area contributed by atoms with Crippen LogP contribution in [-0.4, -0.2) is 16.5 Å². The molecule has 2 aromatic rings. The fourth-order valence-corrected chi connectivity index (χ4v) is 3.84. The van der Waals surface area contributed by atoms with E-state index in [9.17, 15) is 0 Å². The van der Waals surface area contributed by atoms with Gasteiger partial charge in [0, 0.05) is 24.3 Å². The van der Waals surface area contributed by atoms with E-state index in [1.165, 1.54) is 53.9 Å². The van der Waals surface area contributed by atoms with E-state index in [1.54, 1.807) is 0 Å². The van der Waals surface area contributed by atoms with Gasteiger partial charge in [0.25, 0.3) is 0 Å². The number of anilines is 1. The highest BCUT2D eigenvalue weighted by Crippen LogP contribution is 2.30. The molecule has 0 atom stereocenters. The lowest BCUT2D eigenvalue weighted by Crippen LogP contribution is -2.27. The van der Waals surface area contributed by atoms with Crippen molar-refractivity contribution >= 4 is 5.82 Å². The molecule has 0 unspecified atom stereocenters. The van der Waals surface area contributed by atoms with Gasteiger partial charge in [0.05, 0.1) is 0 Å². The molecule has 0 amide bonds. The van der Waals surface area contributed by atoms with Crippen molar-refractivity contribution in [2.75, 3.05) is 11.4 Å². The van der Waals surface area contributed by atoms with Crippen molar-refractivity contribution in [3.05, 3.63) is 52.5 Å². The van der Waals surface area contributed by atoms with Crippen molar-refractivity contribution in [3.63, 3.8) is 0 Å². The van der Waals surface area contributed by atoms with E-state index < -0.39 is 0 Å². The summed E-state index contributed by atoms with van der Waals surface area (Å²) in [6, 6.07) is 8.86. The van der Waals surface area contributed by atoms with Crippen molar-refractivity contribution in [2.24, 2.45) is 0 Å². The summed E-state index contributed by atoms with van der Waals surface area (Å²) in [7, 11) is 0. The number of hydrogen-bond donors (Lipinski definition) is 0. The van der Waals surface area contributed by atoms with Crippen LogP contribution in [0.2, 0.25) is 0 Å². The molecule has 0 saturated heterocycles. The van der Waals surface area contributed by atoms with Gasteiger partial charge in [0.15, 0.2) is 0 Å². The van der Waals surface area contributed by atoms with E-state index >= 15 is 0 Å². The summed E-state index contributed by atoms with van der Waals surface area (Å²) < 4.78 is 0. The standard InChI is InChI=1S/C19H23N3/c1-14-20-18-11-5-4-10-17(18)19(21-14)22-12-6-9-15-7-2-3-8-16(15)13-22/h2-3,7-8H,4-6,9-13H2,1H3. The topological polar surface area (TPSA) is 29.0 Å². The van der Waals surface area contributed by atoms with Gasteiger partial charge in [-0.1, -0.05) is 24.3 Å². The second-order valence-corrected chi connectivity index (χ2v) is 6.52. The lowest BCUT2D eigenvalue weighted by Gasteiger charge is -2.27. The zero-order valence-corrected chi connectivity index (χ0v) is 13.3. The SMILES string of the molecule is Cc1nc2c(c(N3CCCc4ccccc4C3)n1)CCCC2. The average Bonchev–Trinajstić information content (AvgIpc) is 2.76. The summed E-state index contributed by atoms with van der Waals surface area (Å²) in [5, 5.41) is 0. The molecule has 0 fully saturated rings. The third kappa shape index (κ3) is 2.49. The molecule has 2 heterocycles. The second kappa shape index (κ2) is 5.71. The normalized spacial score (nSPS) is 17.6. The Morgan fingerprint density at radius 1 is 0.909 bits per heavy atom. The first-order chi connectivity index (χ1) is 10.8. The Labute approximate surface area is 132 Å². The molecule has 3 heteroatoms. The molecule has 1 aromatic heterocycles. The Morgan fingerprint density at radius 2 is 1.73 bits per heavy atom. The van der Waals surface area contributed by atoms with Crippen LogP contribution in [0.4, 0.5) is 5.82 Å². The number of nitrogens with zero attached hydrogens (tertiary/aromatic N) is 3. The van der Waals surface area contributed by atoms with Crippen LogP contribution < -0.4 is 4.90 Å². The molecule has 0 saturated carbocycles. The van der Waals surface area contributed by atoms with Crippen molar-refractivity contribution in [1.82, 2.24) is 9.97 Å². The van der Waals surface area contributed by atoms with Crippen molar-refractivity contribution in [1.29, 1.82) is 0 Å². The number of aromatic nitrogens is 2. The molecular weight excluding hydrogens is 270 g/mol. The largest absolute Gasteiger partial charge is 0.352 e. The summed E-state index contributed by atoms with van der Waals surface area (Å²) >= 11 is 0. The smallest absolute Gasteiger partial charge is 0.136 e. The summed E-state index contributed by atoms with van der Waals surface area (Å²) in [5.74, 6) is 2.13. The van der Waals surface area contributed by atoms with Crippen LogP contribution in [-0.2, 0) is 25.8 Å². The first-order valence-electron chi connectivity index (χ1n) is 8.49. The van der Waals surface area contributed by atoms with Gasteiger partial charge in [-0.3, -0.25) is 0 Å². The van der Waals surface area contributed by atoms with E-state index in [4.69, 9.17) is 9.97 Å². The highest BCUT2D eigenvalue weighted by molar-refractivity contribution is 5.51. The number of fused-ring (bicyclic) bond motifs is 2. The Balaban J connectivity index is 1.74. The predicted molar refractivity (Wildman–Crippen MR) is 89.2 cm³/mol. The van der Waals surface area contributed by atoms with Crippen LogP contribution in [0.3, 0.4) is 0 Å². The van der Waals surface area contributed by atoms with Gasteiger partial charge in [-0.05, 0) is 56.6 Å². The first-order valence-corrected chi connectivity index (χ1v) is 8.49. The average molecular weight is 293 g/mol. The van der Waals surface area contributed by atoms with Crippen molar-refractivity contribution in [3.8, 4) is 0 Å². The molecule has 2 aliphatic rings. The molecule has 0 radical (unpaired) electrons. The van der Waals surface area contributed by atoms with Crippen LogP contribution in [0.5, 0.6) is 0 Å². The quantitative estimate of drug-likeness (QED) is 0.804. The fraction of sp³-hybridized carbons (Fsp3) is 0.474. The van der Waals surface area contributed by atoms with E-state index in [0.717, 1.165) is 31.8 Å². The summed E-state index contributed by atoms with van der Waals surface area (Å²) in [4.78, 5) is 12.0. The lowest BCUT2D eigenvalue weighted by atomic mass is 9.96. The number of aryl methyl sites for hydroxylation is 3. The van der Waals surface area contributed by atoms with Crippen molar-refractivity contribution in [2.45, 2.75) is 52.0 Å². The van der Waals surface area contributed by atoms with Gasteiger partial charge in [-0.25, -0.2) is 9.97 Å². The second-order valence-electron chi connectivity index (χ2n) is 6.52. The zero-order valence-electron chi connectivity index (χ0n) is 13.3. The first kappa shape index (κ1) is 13.7. The van der Waals surface area contributed by atoms with Gasteiger partial charge in [0.1, 0.15) is 11.6 Å². The lowest BCUT2D eigenvalue weighted by molar-refractivity contribution is 0.646. The summed E-state index contributed by atoms with van der Waals surface area (Å²) in [6.07, 6.45) is 7.19. The zero-order chi connectivity index (χ0) is 14.9. The Bertz CT molecular complexity index is 693. The predicted octanol–water partition coefficient (Wildman–Crippen LogP) is 3.62. The minimum absolute atomic E-state index is 0.924. The van der Waals surface area contributed by atoms with Crippen LogP contribution in [0.1, 0.15) is 47.5 Å². The fourth-order valence-electron chi connectivity index (χ4n) is 3.84. The monoisotopic (exact) mass is 293 g/mol. The van der Waals surface area contributed by atoms with Gasteiger partial charge in [-0.15, -0.1) is 0 Å². The van der Waals surface area contributed by atoms with E-state index in [-0.39, 0.29) is 0 Å². The minimum Gasteiger partial charge on any atom is -0.352 e. The minimum atomic E-state index is 0.924. The van der Waals surface area contributed by atoms with Crippen LogP contribution in [0, 0.1) is 6.92 Å². The molecule has 3 nitrogen and oxygen atoms in total. The Morgan fingerprint density at radius 3 is 2.64 bits per heavy atom. The molecule has 1 aliphatic carbocycles. The van der Waals surface area contributed by atoms with Gasteiger partial charge < -0.3 is 4.90 Å². The molecule has 1 aliphatic heterocycles. The molecule has 0 N–H and O–H groups in total. The number of hydrogen-bond acceptors (Lipinski definition) is 3. The third-order valence-electron chi connectivity index (χ3n) is 4.93. The Hall–Kier alpha value is -1.90. The molecule has 4 rings (SSSR count). The molecular formula is C19H23N3. The molecule has 22 heavy (non-hydrogen) atoms. The highest BCUT2D eigenvalue weighted by Gasteiger charge is 2.22.